The summed E-state index contributed by atoms with van der Waals surface area (Å²) in [5.74, 6) is 0. The normalized spacial score (nSPS) is 15.1. The predicted molar refractivity (Wildman–Crippen MR) is 55.0 cm³/mol. The van der Waals surface area contributed by atoms with E-state index in [9.17, 15) is 5.11 Å². The Morgan fingerprint density at radius 1 is 1.43 bits per heavy atom. The first-order valence-electron chi connectivity index (χ1n) is 4.87. The van der Waals surface area contributed by atoms with Gasteiger partial charge in [-0.1, -0.05) is 6.92 Å². The summed E-state index contributed by atoms with van der Waals surface area (Å²) in [7, 11) is 1.63. The molecular weight excluding hydrogens is 178 g/mol. The molecule has 0 aromatic carbocycles. The van der Waals surface area contributed by atoms with E-state index in [-0.39, 0.29) is 6.10 Å². The van der Waals surface area contributed by atoms with Gasteiger partial charge in [0.15, 0.2) is 0 Å². The number of hydrogen-bond acceptors (Lipinski definition) is 3. The Labute approximate surface area is 84.7 Å². The second-order valence-electron chi connectivity index (χ2n) is 3.31. The number of methoxy groups -OCH3 is 1. The van der Waals surface area contributed by atoms with Gasteiger partial charge in [-0.3, -0.25) is 4.98 Å². The molecule has 3 nitrogen and oxygen atoms in total. The van der Waals surface area contributed by atoms with E-state index in [1.54, 1.807) is 19.5 Å². The molecule has 0 aliphatic rings. The van der Waals surface area contributed by atoms with E-state index in [0.717, 1.165) is 12.0 Å². The van der Waals surface area contributed by atoms with Crippen molar-refractivity contribution in [3.8, 4) is 0 Å². The topological polar surface area (TPSA) is 42.4 Å². The minimum absolute atomic E-state index is 0.0804. The SMILES string of the molecule is CCC(OC)C(O)Cc1ccncc1. The van der Waals surface area contributed by atoms with Gasteiger partial charge in [-0.05, 0) is 24.1 Å². The molecule has 2 unspecified atom stereocenters. The van der Waals surface area contributed by atoms with Crippen LogP contribution in [0.3, 0.4) is 0 Å². The number of ether oxygens (including phenoxy) is 1. The molecule has 1 heterocycles. The van der Waals surface area contributed by atoms with Crippen molar-refractivity contribution < 1.29 is 9.84 Å². The second kappa shape index (κ2) is 5.73. The maximum Gasteiger partial charge on any atom is 0.0841 e. The largest absolute Gasteiger partial charge is 0.390 e. The van der Waals surface area contributed by atoms with Crippen LogP contribution in [-0.4, -0.2) is 29.4 Å². The Kier molecular flexibility index (Phi) is 4.56. The number of aliphatic hydroxyl groups is 1. The van der Waals surface area contributed by atoms with Crippen molar-refractivity contribution in [1.29, 1.82) is 0 Å². The van der Waals surface area contributed by atoms with E-state index < -0.39 is 6.10 Å². The molecule has 0 bridgehead atoms. The summed E-state index contributed by atoms with van der Waals surface area (Å²) in [5, 5.41) is 9.82. The van der Waals surface area contributed by atoms with Crippen LogP contribution >= 0.6 is 0 Å². The van der Waals surface area contributed by atoms with Gasteiger partial charge in [0, 0.05) is 25.9 Å². The van der Waals surface area contributed by atoms with Crippen molar-refractivity contribution >= 4 is 0 Å². The standard InChI is InChI=1S/C11H17NO2/c1-3-11(14-2)10(13)8-9-4-6-12-7-5-9/h4-7,10-11,13H,3,8H2,1-2H3. The van der Waals surface area contributed by atoms with Crippen molar-refractivity contribution in [2.24, 2.45) is 0 Å². The zero-order valence-corrected chi connectivity index (χ0v) is 8.68. The fourth-order valence-electron chi connectivity index (χ4n) is 1.49. The van der Waals surface area contributed by atoms with Gasteiger partial charge in [0.1, 0.15) is 0 Å². The smallest absolute Gasteiger partial charge is 0.0841 e. The molecule has 0 aliphatic heterocycles. The average molecular weight is 195 g/mol. The van der Waals surface area contributed by atoms with Crippen LogP contribution in [0.25, 0.3) is 0 Å². The van der Waals surface area contributed by atoms with E-state index in [4.69, 9.17) is 4.74 Å². The van der Waals surface area contributed by atoms with Crippen molar-refractivity contribution in [2.75, 3.05) is 7.11 Å². The first kappa shape index (κ1) is 11.1. The fourth-order valence-corrected chi connectivity index (χ4v) is 1.49. The maximum absolute atomic E-state index is 9.82. The predicted octanol–water partition coefficient (Wildman–Crippen LogP) is 1.41. The number of hydrogen-bond donors (Lipinski definition) is 1. The van der Waals surface area contributed by atoms with Crippen LogP contribution in [0.2, 0.25) is 0 Å². The zero-order chi connectivity index (χ0) is 10.4. The fraction of sp³-hybridized carbons (Fsp3) is 0.545. The molecule has 2 atom stereocenters. The Bertz CT molecular complexity index is 247. The van der Waals surface area contributed by atoms with Crippen LogP contribution in [0.4, 0.5) is 0 Å². The molecule has 0 fully saturated rings. The lowest BCUT2D eigenvalue weighted by molar-refractivity contribution is -0.0128. The lowest BCUT2D eigenvalue weighted by Crippen LogP contribution is -2.29. The Hall–Kier alpha value is -0.930. The summed E-state index contributed by atoms with van der Waals surface area (Å²) >= 11 is 0. The quantitative estimate of drug-likeness (QED) is 0.772. The number of rotatable bonds is 5. The molecule has 0 amide bonds. The van der Waals surface area contributed by atoms with E-state index in [0.29, 0.717) is 6.42 Å². The molecule has 0 saturated heterocycles. The van der Waals surface area contributed by atoms with Crippen molar-refractivity contribution in [2.45, 2.75) is 32.0 Å². The molecule has 1 rings (SSSR count). The van der Waals surface area contributed by atoms with Gasteiger partial charge >= 0.3 is 0 Å². The highest BCUT2D eigenvalue weighted by molar-refractivity contribution is 5.11. The van der Waals surface area contributed by atoms with Crippen molar-refractivity contribution in [3.05, 3.63) is 30.1 Å². The van der Waals surface area contributed by atoms with Gasteiger partial charge in [-0.2, -0.15) is 0 Å². The van der Waals surface area contributed by atoms with E-state index >= 15 is 0 Å². The maximum atomic E-state index is 9.82. The Morgan fingerprint density at radius 3 is 2.57 bits per heavy atom. The van der Waals surface area contributed by atoms with Gasteiger partial charge in [0.25, 0.3) is 0 Å². The molecular formula is C11H17NO2. The molecule has 0 radical (unpaired) electrons. The minimum atomic E-state index is -0.438. The summed E-state index contributed by atoms with van der Waals surface area (Å²) in [4.78, 5) is 3.92. The van der Waals surface area contributed by atoms with Gasteiger partial charge in [0.05, 0.1) is 12.2 Å². The summed E-state index contributed by atoms with van der Waals surface area (Å²) in [6, 6.07) is 3.82. The molecule has 0 aliphatic carbocycles. The highest BCUT2D eigenvalue weighted by atomic mass is 16.5. The molecule has 1 N–H and O–H groups in total. The third kappa shape index (κ3) is 3.09. The number of pyridine rings is 1. The van der Waals surface area contributed by atoms with Crippen LogP contribution in [0.15, 0.2) is 24.5 Å². The van der Waals surface area contributed by atoms with Crippen LogP contribution < -0.4 is 0 Å². The lowest BCUT2D eigenvalue weighted by Gasteiger charge is -2.19. The average Bonchev–Trinajstić information content (AvgIpc) is 2.21. The van der Waals surface area contributed by atoms with Crippen LogP contribution in [0.1, 0.15) is 18.9 Å². The molecule has 14 heavy (non-hydrogen) atoms. The molecule has 1 aromatic rings. The first-order chi connectivity index (χ1) is 6.77. The third-order valence-corrected chi connectivity index (χ3v) is 2.33. The first-order valence-corrected chi connectivity index (χ1v) is 4.87. The molecule has 0 spiro atoms. The van der Waals surface area contributed by atoms with Crippen molar-refractivity contribution in [3.63, 3.8) is 0 Å². The monoisotopic (exact) mass is 195 g/mol. The molecule has 0 saturated carbocycles. The Balaban J connectivity index is 2.52. The lowest BCUT2D eigenvalue weighted by atomic mass is 10.0. The highest BCUT2D eigenvalue weighted by Crippen LogP contribution is 2.09. The molecule has 78 valence electrons. The summed E-state index contributed by atoms with van der Waals surface area (Å²) in [6.07, 6.45) is 4.39. The minimum Gasteiger partial charge on any atom is -0.390 e. The van der Waals surface area contributed by atoms with Gasteiger partial charge in [-0.15, -0.1) is 0 Å². The third-order valence-electron chi connectivity index (χ3n) is 2.33. The van der Waals surface area contributed by atoms with Crippen LogP contribution in [0, 0.1) is 0 Å². The van der Waals surface area contributed by atoms with E-state index in [1.165, 1.54) is 0 Å². The Morgan fingerprint density at radius 2 is 2.07 bits per heavy atom. The van der Waals surface area contributed by atoms with E-state index in [1.807, 2.05) is 19.1 Å². The van der Waals surface area contributed by atoms with E-state index in [2.05, 4.69) is 4.98 Å². The van der Waals surface area contributed by atoms with Gasteiger partial charge in [-0.25, -0.2) is 0 Å². The second-order valence-corrected chi connectivity index (χ2v) is 3.31. The summed E-state index contributed by atoms with van der Waals surface area (Å²) < 4.78 is 5.17. The van der Waals surface area contributed by atoms with Gasteiger partial charge in [0.2, 0.25) is 0 Å². The number of nitrogens with zero attached hydrogens (tertiary/aromatic N) is 1. The highest BCUT2D eigenvalue weighted by Gasteiger charge is 2.16. The zero-order valence-electron chi connectivity index (χ0n) is 8.68. The summed E-state index contributed by atoms with van der Waals surface area (Å²) in [5.41, 5.74) is 1.09. The van der Waals surface area contributed by atoms with Crippen molar-refractivity contribution in [1.82, 2.24) is 4.98 Å². The van der Waals surface area contributed by atoms with Crippen LogP contribution in [-0.2, 0) is 11.2 Å². The van der Waals surface area contributed by atoms with Crippen LogP contribution in [0.5, 0.6) is 0 Å². The van der Waals surface area contributed by atoms with Gasteiger partial charge < -0.3 is 9.84 Å². The summed E-state index contributed by atoms with van der Waals surface area (Å²) in [6.45, 7) is 2.00. The molecule has 1 aromatic heterocycles. The number of aromatic nitrogens is 1. The number of aliphatic hydroxyl groups excluding tert-OH is 1. The molecule has 3 heteroatoms.